The molecule has 6 nitrogen and oxygen atoms in total. The minimum atomic E-state index is -0.153. The molecule has 0 aliphatic carbocycles. The van der Waals surface area contributed by atoms with E-state index >= 15 is 0 Å². The lowest BCUT2D eigenvalue weighted by molar-refractivity contribution is -0.113. The van der Waals surface area contributed by atoms with Gasteiger partial charge in [0, 0.05) is 16.3 Å². The lowest BCUT2D eigenvalue weighted by Gasteiger charge is -2.06. The first-order valence-corrected chi connectivity index (χ1v) is 9.82. The number of carbonyl (C=O) groups is 1. The Balaban J connectivity index is 1.55. The van der Waals surface area contributed by atoms with Crippen molar-refractivity contribution in [1.29, 1.82) is 0 Å². The molecular formula is C18H16Cl2N4O2S. The van der Waals surface area contributed by atoms with Crippen LogP contribution in [0.4, 0.5) is 5.69 Å². The molecule has 9 heteroatoms. The highest BCUT2D eigenvalue weighted by Crippen LogP contribution is 2.29. The first kappa shape index (κ1) is 19.5. The zero-order chi connectivity index (χ0) is 19.2. The number of H-pyrrole nitrogens is 1. The first-order chi connectivity index (χ1) is 13.0. The highest BCUT2D eigenvalue weighted by Gasteiger charge is 2.12. The monoisotopic (exact) mass is 422 g/mol. The van der Waals surface area contributed by atoms with E-state index < -0.39 is 0 Å². The topological polar surface area (TPSA) is 79.9 Å². The zero-order valence-corrected chi connectivity index (χ0v) is 16.7. The Labute approximate surface area is 170 Å². The molecule has 0 fully saturated rings. The lowest BCUT2D eigenvalue weighted by Crippen LogP contribution is -2.14. The Hall–Kier alpha value is -2.22. The van der Waals surface area contributed by atoms with Gasteiger partial charge in [0.1, 0.15) is 5.75 Å². The number of thioether (sulfide) groups is 1. The van der Waals surface area contributed by atoms with Gasteiger partial charge in [-0.3, -0.25) is 9.89 Å². The molecule has 0 saturated carbocycles. The number of anilines is 1. The van der Waals surface area contributed by atoms with E-state index in [2.05, 4.69) is 20.5 Å². The second-order valence-corrected chi connectivity index (χ2v) is 7.17. The predicted molar refractivity (Wildman–Crippen MR) is 109 cm³/mol. The molecule has 0 atom stereocenters. The standard InChI is InChI=1S/C18H16Cl2N4O2S/c1-2-26-13-6-4-12(5-7-13)21-16(25)10-27-18-22-17(23-24-18)14-8-3-11(19)9-15(14)20/h3-9H,2,10H2,1H3,(H,21,25)(H,22,23,24). The van der Waals surface area contributed by atoms with Crippen molar-refractivity contribution in [2.75, 3.05) is 17.7 Å². The molecule has 3 rings (SSSR count). The van der Waals surface area contributed by atoms with Gasteiger partial charge < -0.3 is 10.1 Å². The number of carbonyl (C=O) groups excluding carboxylic acids is 1. The van der Waals surface area contributed by atoms with Gasteiger partial charge in [-0.1, -0.05) is 35.0 Å². The van der Waals surface area contributed by atoms with Crippen LogP contribution in [0.25, 0.3) is 11.4 Å². The van der Waals surface area contributed by atoms with Crippen molar-refractivity contribution in [3.63, 3.8) is 0 Å². The van der Waals surface area contributed by atoms with Crippen LogP contribution in [-0.2, 0) is 4.79 Å². The fourth-order valence-electron chi connectivity index (χ4n) is 2.24. The van der Waals surface area contributed by atoms with Crippen molar-refractivity contribution in [3.05, 3.63) is 52.5 Å². The minimum Gasteiger partial charge on any atom is -0.494 e. The van der Waals surface area contributed by atoms with E-state index in [1.54, 1.807) is 30.3 Å². The van der Waals surface area contributed by atoms with Gasteiger partial charge in [-0.25, -0.2) is 4.98 Å². The summed E-state index contributed by atoms with van der Waals surface area (Å²) in [5.41, 5.74) is 1.40. The van der Waals surface area contributed by atoms with Gasteiger partial charge in [-0.05, 0) is 49.4 Å². The summed E-state index contributed by atoms with van der Waals surface area (Å²) in [5.74, 6) is 1.31. The van der Waals surface area contributed by atoms with Crippen LogP contribution in [0.2, 0.25) is 10.0 Å². The summed E-state index contributed by atoms with van der Waals surface area (Å²) < 4.78 is 5.37. The maximum absolute atomic E-state index is 12.1. The van der Waals surface area contributed by atoms with Crippen molar-refractivity contribution < 1.29 is 9.53 Å². The van der Waals surface area contributed by atoms with E-state index in [9.17, 15) is 4.79 Å². The van der Waals surface area contributed by atoms with E-state index in [4.69, 9.17) is 27.9 Å². The van der Waals surface area contributed by atoms with Gasteiger partial charge >= 0.3 is 0 Å². The molecule has 2 aromatic carbocycles. The molecule has 1 heterocycles. The second-order valence-electron chi connectivity index (χ2n) is 5.39. The lowest BCUT2D eigenvalue weighted by atomic mass is 10.2. The number of amides is 1. The number of halogens is 2. The maximum atomic E-state index is 12.1. The summed E-state index contributed by atoms with van der Waals surface area (Å²) in [5, 5.41) is 11.2. The van der Waals surface area contributed by atoms with Crippen LogP contribution in [0.15, 0.2) is 47.6 Å². The van der Waals surface area contributed by atoms with Crippen LogP contribution in [-0.4, -0.2) is 33.4 Å². The summed E-state index contributed by atoms with van der Waals surface area (Å²) in [4.78, 5) is 16.5. The van der Waals surface area contributed by atoms with Crippen molar-refractivity contribution in [3.8, 4) is 17.1 Å². The number of hydrogen-bond donors (Lipinski definition) is 2. The van der Waals surface area contributed by atoms with E-state index in [0.717, 1.165) is 5.75 Å². The SMILES string of the molecule is CCOc1ccc(NC(=O)CSc2n[nH]c(-c3ccc(Cl)cc3Cl)n2)cc1. The van der Waals surface area contributed by atoms with Crippen LogP contribution in [0.1, 0.15) is 6.92 Å². The Bertz CT molecular complexity index is 931. The predicted octanol–water partition coefficient (Wildman–Crippen LogP) is 4.91. The molecule has 1 aromatic heterocycles. The molecule has 0 bridgehead atoms. The van der Waals surface area contributed by atoms with Crippen LogP contribution in [0.3, 0.4) is 0 Å². The van der Waals surface area contributed by atoms with Crippen LogP contribution in [0.5, 0.6) is 5.75 Å². The number of nitrogens with zero attached hydrogens (tertiary/aromatic N) is 2. The third-order valence-electron chi connectivity index (χ3n) is 3.43. The maximum Gasteiger partial charge on any atom is 0.234 e. The summed E-state index contributed by atoms with van der Waals surface area (Å²) in [7, 11) is 0. The molecule has 0 aliphatic heterocycles. The summed E-state index contributed by atoms with van der Waals surface area (Å²) in [6.07, 6.45) is 0. The third kappa shape index (κ3) is 5.38. The number of ether oxygens (including phenoxy) is 1. The van der Waals surface area contributed by atoms with Gasteiger partial charge in [0.15, 0.2) is 5.82 Å². The number of hydrogen-bond acceptors (Lipinski definition) is 5. The quantitative estimate of drug-likeness (QED) is 0.528. The molecule has 0 saturated heterocycles. The molecule has 27 heavy (non-hydrogen) atoms. The number of nitrogens with one attached hydrogen (secondary N) is 2. The average molecular weight is 423 g/mol. The molecule has 0 spiro atoms. The second kappa shape index (κ2) is 9.12. The van der Waals surface area contributed by atoms with E-state index in [1.165, 1.54) is 11.8 Å². The molecule has 0 aliphatic rings. The van der Waals surface area contributed by atoms with E-state index in [-0.39, 0.29) is 11.7 Å². The molecule has 2 N–H and O–H groups in total. The van der Waals surface area contributed by atoms with Crippen molar-refractivity contribution >= 4 is 46.6 Å². The van der Waals surface area contributed by atoms with Gasteiger partial charge in [0.2, 0.25) is 11.1 Å². The summed E-state index contributed by atoms with van der Waals surface area (Å²) in [6, 6.07) is 12.3. The fourth-order valence-corrected chi connectivity index (χ4v) is 3.34. The number of rotatable bonds is 7. The van der Waals surface area contributed by atoms with Gasteiger partial charge in [-0.2, -0.15) is 0 Å². The molecule has 3 aromatic rings. The Kier molecular flexibility index (Phi) is 6.60. The van der Waals surface area contributed by atoms with Gasteiger partial charge in [0.25, 0.3) is 0 Å². The van der Waals surface area contributed by atoms with E-state index in [0.29, 0.717) is 38.9 Å². The molecule has 0 radical (unpaired) electrons. The minimum absolute atomic E-state index is 0.153. The van der Waals surface area contributed by atoms with Crippen molar-refractivity contribution in [1.82, 2.24) is 15.2 Å². The highest BCUT2D eigenvalue weighted by molar-refractivity contribution is 7.99. The van der Waals surface area contributed by atoms with Crippen LogP contribution < -0.4 is 10.1 Å². The molecule has 140 valence electrons. The smallest absolute Gasteiger partial charge is 0.234 e. The summed E-state index contributed by atoms with van der Waals surface area (Å²) >= 11 is 13.3. The van der Waals surface area contributed by atoms with Crippen molar-refractivity contribution in [2.24, 2.45) is 0 Å². The third-order valence-corrected chi connectivity index (χ3v) is 4.83. The highest BCUT2D eigenvalue weighted by atomic mass is 35.5. The Morgan fingerprint density at radius 1 is 1.22 bits per heavy atom. The van der Waals surface area contributed by atoms with Crippen LogP contribution in [0, 0.1) is 0 Å². The van der Waals surface area contributed by atoms with Gasteiger partial charge in [-0.15, -0.1) is 5.10 Å². The fraction of sp³-hybridized carbons (Fsp3) is 0.167. The first-order valence-electron chi connectivity index (χ1n) is 8.08. The normalized spacial score (nSPS) is 10.6. The van der Waals surface area contributed by atoms with E-state index in [1.807, 2.05) is 19.1 Å². The molecule has 1 amide bonds. The average Bonchev–Trinajstić information content (AvgIpc) is 3.10. The number of benzene rings is 2. The molecule has 0 unspecified atom stereocenters. The van der Waals surface area contributed by atoms with Gasteiger partial charge in [0.05, 0.1) is 17.4 Å². The summed E-state index contributed by atoms with van der Waals surface area (Å²) in [6.45, 7) is 2.52. The Morgan fingerprint density at radius 3 is 2.70 bits per heavy atom. The molecular weight excluding hydrogens is 407 g/mol. The van der Waals surface area contributed by atoms with Crippen molar-refractivity contribution in [2.45, 2.75) is 12.1 Å². The number of aromatic nitrogens is 3. The number of aromatic amines is 1. The Morgan fingerprint density at radius 2 is 2.00 bits per heavy atom. The largest absolute Gasteiger partial charge is 0.494 e. The van der Waals surface area contributed by atoms with Crippen LogP contribution >= 0.6 is 35.0 Å². The zero-order valence-electron chi connectivity index (χ0n) is 14.3.